The third kappa shape index (κ3) is 3.09. The zero-order valence-electron chi connectivity index (χ0n) is 7.69. The summed E-state index contributed by atoms with van der Waals surface area (Å²) in [4.78, 5) is 1.10. The Hall–Kier alpha value is -0.990. The molecule has 1 aromatic rings. The van der Waals surface area contributed by atoms with Crippen molar-refractivity contribution in [3.63, 3.8) is 0 Å². The molecule has 1 unspecified atom stereocenters. The van der Waals surface area contributed by atoms with Crippen LogP contribution in [0.5, 0.6) is 0 Å². The fourth-order valence-corrected chi connectivity index (χ4v) is 1.79. The van der Waals surface area contributed by atoms with Crippen molar-refractivity contribution in [2.75, 3.05) is 12.8 Å². The Morgan fingerprint density at radius 2 is 2.62 bits per heavy atom. The molecule has 0 radical (unpaired) electrons. The molecule has 1 heterocycles. The first-order valence-electron chi connectivity index (χ1n) is 3.94. The van der Waals surface area contributed by atoms with E-state index in [1.54, 1.807) is 29.7 Å². The second kappa shape index (κ2) is 4.90. The number of aryl methyl sites for hydroxylation is 1. The molecule has 1 N–H and O–H groups in total. The van der Waals surface area contributed by atoms with Crippen LogP contribution >= 0.6 is 11.8 Å². The molecule has 1 aromatic heterocycles. The molecule has 0 aliphatic carbocycles. The molecule has 0 fully saturated rings. The summed E-state index contributed by atoms with van der Waals surface area (Å²) in [6.45, 7) is 0. The van der Waals surface area contributed by atoms with Crippen molar-refractivity contribution in [3.05, 3.63) is 12.4 Å². The van der Waals surface area contributed by atoms with Gasteiger partial charge in [-0.3, -0.25) is 4.68 Å². The fraction of sp³-hybridized carbons (Fsp3) is 0.500. The van der Waals surface area contributed by atoms with Crippen LogP contribution in [0.15, 0.2) is 17.3 Å². The number of rotatable bonds is 4. The lowest BCUT2D eigenvalue weighted by Gasteiger charge is -2.04. The van der Waals surface area contributed by atoms with Gasteiger partial charge >= 0.3 is 0 Å². The number of hydrogen-bond donors (Lipinski definition) is 1. The normalized spacial score (nSPS) is 12.4. The van der Waals surface area contributed by atoms with Crippen molar-refractivity contribution >= 4 is 11.8 Å². The Morgan fingerprint density at radius 3 is 3.08 bits per heavy atom. The summed E-state index contributed by atoms with van der Waals surface area (Å²) in [5, 5.41) is 15.6. The van der Waals surface area contributed by atoms with E-state index >= 15 is 0 Å². The van der Waals surface area contributed by atoms with Crippen molar-refractivity contribution in [2.24, 2.45) is 7.05 Å². The molecular formula is C8H12N4S. The lowest BCUT2D eigenvalue weighted by atomic mass is 10.4. The molecule has 0 spiro atoms. The van der Waals surface area contributed by atoms with Crippen molar-refractivity contribution in [1.82, 2.24) is 15.1 Å². The summed E-state index contributed by atoms with van der Waals surface area (Å²) in [5.74, 6) is 0.749. The first-order chi connectivity index (χ1) is 6.26. The van der Waals surface area contributed by atoms with E-state index in [4.69, 9.17) is 5.26 Å². The lowest BCUT2D eigenvalue weighted by molar-refractivity contribution is 0.750. The quantitative estimate of drug-likeness (QED) is 0.717. The molecule has 1 atom stereocenters. The summed E-state index contributed by atoms with van der Waals surface area (Å²) in [6.07, 6.45) is 3.74. The fourth-order valence-electron chi connectivity index (χ4n) is 0.838. The first kappa shape index (κ1) is 10.1. The maximum atomic E-state index is 8.66. The predicted octanol–water partition coefficient (Wildman–Crippen LogP) is 0.624. The van der Waals surface area contributed by atoms with Crippen molar-refractivity contribution in [2.45, 2.75) is 10.9 Å². The van der Waals surface area contributed by atoms with Crippen LogP contribution in [-0.2, 0) is 7.05 Å². The molecule has 0 bridgehead atoms. The largest absolute Gasteiger partial charge is 0.304 e. The highest BCUT2D eigenvalue weighted by Gasteiger charge is 2.05. The lowest BCUT2D eigenvalue weighted by Crippen LogP contribution is -2.25. The minimum atomic E-state index is -0.0924. The molecule has 0 aromatic carbocycles. The Labute approximate surface area is 81.9 Å². The number of thioether (sulfide) groups is 1. The van der Waals surface area contributed by atoms with E-state index in [1.807, 2.05) is 13.2 Å². The maximum absolute atomic E-state index is 8.66. The van der Waals surface area contributed by atoms with E-state index < -0.39 is 0 Å². The van der Waals surface area contributed by atoms with Gasteiger partial charge in [0.1, 0.15) is 6.04 Å². The zero-order valence-corrected chi connectivity index (χ0v) is 8.51. The Bertz CT molecular complexity index is 301. The van der Waals surface area contributed by atoms with Crippen LogP contribution in [0.3, 0.4) is 0 Å². The van der Waals surface area contributed by atoms with E-state index in [0.29, 0.717) is 0 Å². The molecule has 0 aliphatic rings. The van der Waals surface area contributed by atoms with Gasteiger partial charge in [-0.15, -0.1) is 11.8 Å². The molecule has 70 valence electrons. The molecule has 0 aliphatic heterocycles. The van der Waals surface area contributed by atoms with Gasteiger partial charge in [-0.25, -0.2) is 0 Å². The molecule has 0 amide bonds. The van der Waals surface area contributed by atoms with Crippen LogP contribution in [0.1, 0.15) is 0 Å². The van der Waals surface area contributed by atoms with Crippen molar-refractivity contribution in [3.8, 4) is 6.07 Å². The zero-order chi connectivity index (χ0) is 9.68. The SMILES string of the molecule is CNC(C#N)CSc1cnn(C)c1. The van der Waals surface area contributed by atoms with E-state index in [-0.39, 0.29) is 6.04 Å². The molecule has 5 heteroatoms. The van der Waals surface area contributed by atoms with Crippen LogP contribution in [0.4, 0.5) is 0 Å². The third-order valence-electron chi connectivity index (χ3n) is 1.60. The Kier molecular flexibility index (Phi) is 3.80. The van der Waals surface area contributed by atoms with Gasteiger partial charge in [0.05, 0.1) is 12.3 Å². The number of nitrogens with zero attached hydrogens (tertiary/aromatic N) is 3. The highest BCUT2D eigenvalue weighted by Crippen LogP contribution is 2.16. The van der Waals surface area contributed by atoms with E-state index in [1.165, 1.54) is 0 Å². The number of nitriles is 1. The van der Waals surface area contributed by atoms with Gasteiger partial charge in [-0.05, 0) is 7.05 Å². The minimum absolute atomic E-state index is 0.0924. The smallest absolute Gasteiger partial charge is 0.105 e. The Balaban J connectivity index is 2.39. The molecule has 0 saturated carbocycles. The number of aromatic nitrogens is 2. The van der Waals surface area contributed by atoms with Crippen LogP contribution in [0, 0.1) is 11.3 Å². The third-order valence-corrected chi connectivity index (χ3v) is 2.65. The van der Waals surface area contributed by atoms with E-state index in [9.17, 15) is 0 Å². The summed E-state index contributed by atoms with van der Waals surface area (Å²) >= 11 is 1.63. The van der Waals surface area contributed by atoms with Crippen LogP contribution in [-0.4, -0.2) is 28.6 Å². The molecule has 4 nitrogen and oxygen atoms in total. The van der Waals surface area contributed by atoms with Gasteiger partial charge in [0.25, 0.3) is 0 Å². The summed E-state index contributed by atoms with van der Waals surface area (Å²) in [6, 6.07) is 2.08. The van der Waals surface area contributed by atoms with Gasteiger partial charge in [-0.1, -0.05) is 0 Å². The number of hydrogen-bond acceptors (Lipinski definition) is 4. The predicted molar refractivity (Wildman–Crippen MR) is 52.4 cm³/mol. The summed E-state index contributed by atoms with van der Waals surface area (Å²) in [7, 11) is 3.67. The van der Waals surface area contributed by atoms with Crippen LogP contribution < -0.4 is 5.32 Å². The second-order valence-electron chi connectivity index (χ2n) is 2.63. The van der Waals surface area contributed by atoms with E-state index in [2.05, 4.69) is 16.5 Å². The van der Waals surface area contributed by atoms with Gasteiger partial charge in [0, 0.05) is 23.9 Å². The molecule has 1 rings (SSSR count). The highest BCUT2D eigenvalue weighted by molar-refractivity contribution is 7.99. The second-order valence-corrected chi connectivity index (χ2v) is 3.72. The van der Waals surface area contributed by atoms with Gasteiger partial charge in [-0.2, -0.15) is 10.4 Å². The van der Waals surface area contributed by atoms with Crippen LogP contribution in [0.2, 0.25) is 0 Å². The standard InChI is InChI=1S/C8H12N4S/c1-10-7(3-9)6-13-8-4-11-12(2)5-8/h4-5,7,10H,6H2,1-2H3. The van der Waals surface area contributed by atoms with Gasteiger partial charge < -0.3 is 5.32 Å². The minimum Gasteiger partial charge on any atom is -0.304 e. The average molecular weight is 196 g/mol. The van der Waals surface area contributed by atoms with Gasteiger partial charge in [0.2, 0.25) is 0 Å². The topological polar surface area (TPSA) is 53.6 Å². The maximum Gasteiger partial charge on any atom is 0.105 e. The number of nitrogens with one attached hydrogen (secondary N) is 1. The van der Waals surface area contributed by atoms with Crippen molar-refractivity contribution in [1.29, 1.82) is 5.26 Å². The summed E-state index contributed by atoms with van der Waals surface area (Å²) < 4.78 is 1.75. The van der Waals surface area contributed by atoms with E-state index in [0.717, 1.165) is 10.6 Å². The Morgan fingerprint density at radius 1 is 1.85 bits per heavy atom. The highest BCUT2D eigenvalue weighted by atomic mass is 32.2. The molecule has 13 heavy (non-hydrogen) atoms. The van der Waals surface area contributed by atoms with Crippen LogP contribution in [0.25, 0.3) is 0 Å². The molecule has 0 saturated heterocycles. The van der Waals surface area contributed by atoms with Crippen molar-refractivity contribution < 1.29 is 0 Å². The average Bonchev–Trinajstić information content (AvgIpc) is 2.53. The summed E-state index contributed by atoms with van der Waals surface area (Å²) in [5.41, 5.74) is 0. The molecular weight excluding hydrogens is 184 g/mol. The monoisotopic (exact) mass is 196 g/mol. The van der Waals surface area contributed by atoms with Gasteiger partial charge in [0.15, 0.2) is 0 Å². The first-order valence-corrected chi connectivity index (χ1v) is 4.93.